The molecule has 1 N–H and O–H groups in total. The van der Waals surface area contributed by atoms with Crippen LogP contribution in [0.25, 0.3) is 10.2 Å². The molecule has 2 heterocycles. The van der Waals surface area contributed by atoms with E-state index >= 15 is 0 Å². The highest BCUT2D eigenvalue weighted by Gasteiger charge is 2.08. The Labute approximate surface area is 118 Å². The average molecular weight is 279 g/mol. The van der Waals surface area contributed by atoms with Gasteiger partial charge in [-0.2, -0.15) is 0 Å². The molecule has 2 aromatic rings. The Hall–Kier alpha value is -1.20. The van der Waals surface area contributed by atoms with Crippen molar-refractivity contribution in [3.8, 4) is 0 Å². The molecule has 0 atom stereocenters. The van der Waals surface area contributed by atoms with E-state index in [0.717, 1.165) is 41.4 Å². The Bertz CT molecular complexity index is 512. The number of rotatable bonds is 8. The summed E-state index contributed by atoms with van der Waals surface area (Å²) in [6, 6.07) is 2.06. The number of unbranched alkanes of at least 4 members (excludes halogenated alkanes) is 2. The number of nitrogens with zero attached hydrogens (tertiary/aromatic N) is 2. The van der Waals surface area contributed by atoms with Gasteiger partial charge in [0.05, 0.1) is 5.39 Å². The second kappa shape index (κ2) is 7.40. The maximum Gasteiger partial charge on any atom is 0.158 e. The molecule has 0 aromatic carbocycles. The van der Waals surface area contributed by atoms with Crippen molar-refractivity contribution in [3.05, 3.63) is 17.3 Å². The van der Waals surface area contributed by atoms with E-state index in [1.54, 1.807) is 11.3 Å². The highest BCUT2D eigenvalue weighted by Crippen LogP contribution is 2.25. The summed E-state index contributed by atoms with van der Waals surface area (Å²) < 4.78 is 5.63. The number of thiophene rings is 1. The lowest BCUT2D eigenvalue weighted by Crippen LogP contribution is -2.05. The van der Waals surface area contributed by atoms with E-state index in [9.17, 15) is 0 Å². The molecule has 104 valence electrons. The third kappa shape index (κ3) is 3.88. The molecule has 0 saturated carbocycles. The maximum absolute atomic E-state index is 5.63. The smallest absolute Gasteiger partial charge is 0.158 e. The predicted octanol–water partition coefficient (Wildman–Crippen LogP) is 3.83. The van der Waals surface area contributed by atoms with Gasteiger partial charge in [-0.25, -0.2) is 9.97 Å². The molecule has 0 aliphatic rings. The molecule has 19 heavy (non-hydrogen) atoms. The summed E-state index contributed by atoms with van der Waals surface area (Å²) in [6.07, 6.45) is 3.54. The van der Waals surface area contributed by atoms with Gasteiger partial charge in [-0.05, 0) is 24.8 Å². The maximum atomic E-state index is 5.63. The summed E-state index contributed by atoms with van der Waals surface area (Å²) in [5.74, 6) is 1.68. The van der Waals surface area contributed by atoms with E-state index in [1.807, 2.05) is 5.38 Å². The van der Waals surface area contributed by atoms with Crippen LogP contribution in [-0.2, 0) is 11.3 Å². The zero-order valence-corrected chi connectivity index (χ0v) is 12.4. The lowest BCUT2D eigenvalue weighted by atomic mass is 10.3. The quantitative estimate of drug-likeness (QED) is 0.746. The largest absolute Gasteiger partial charge is 0.373 e. The molecular formula is C14H21N3OS. The summed E-state index contributed by atoms with van der Waals surface area (Å²) in [4.78, 5) is 10.1. The first kappa shape index (κ1) is 14.2. The molecule has 0 bridgehead atoms. The van der Waals surface area contributed by atoms with Gasteiger partial charge >= 0.3 is 0 Å². The van der Waals surface area contributed by atoms with Crippen LogP contribution in [0, 0.1) is 0 Å². The second-order valence-electron chi connectivity index (χ2n) is 4.42. The molecule has 0 aliphatic carbocycles. The Balaban J connectivity index is 2.02. The first-order chi connectivity index (χ1) is 9.35. The van der Waals surface area contributed by atoms with E-state index in [-0.39, 0.29) is 0 Å². The SMILES string of the molecule is CCCCCOCc1nc(NCC)c2ccsc2n1. The molecule has 0 aliphatic heterocycles. The predicted molar refractivity (Wildman–Crippen MR) is 80.8 cm³/mol. The van der Waals surface area contributed by atoms with Crippen LogP contribution in [0.15, 0.2) is 11.4 Å². The second-order valence-corrected chi connectivity index (χ2v) is 5.31. The van der Waals surface area contributed by atoms with Crippen LogP contribution in [0.3, 0.4) is 0 Å². The standard InChI is InChI=1S/C14H21N3OS/c1-3-5-6-8-18-10-12-16-13(15-4-2)11-7-9-19-14(11)17-12/h7,9H,3-6,8,10H2,1-2H3,(H,15,16,17). The molecule has 0 amide bonds. The number of nitrogens with one attached hydrogen (secondary N) is 1. The first-order valence-corrected chi connectivity index (χ1v) is 7.78. The summed E-state index contributed by atoms with van der Waals surface area (Å²) in [6.45, 7) is 6.41. The Morgan fingerprint density at radius 3 is 2.95 bits per heavy atom. The van der Waals surface area contributed by atoms with Gasteiger partial charge in [0.1, 0.15) is 17.3 Å². The normalized spacial score (nSPS) is 11.1. The lowest BCUT2D eigenvalue weighted by Gasteiger charge is -2.07. The molecular weight excluding hydrogens is 258 g/mol. The van der Waals surface area contributed by atoms with Crippen molar-refractivity contribution in [3.63, 3.8) is 0 Å². The Kier molecular flexibility index (Phi) is 5.54. The van der Waals surface area contributed by atoms with Gasteiger partial charge in [-0.1, -0.05) is 19.8 Å². The third-order valence-electron chi connectivity index (χ3n) is 2.84. The topological polar surface area (TPSA) is 47.0 Å². The van der Waals surface area contributed by atoms with Gasteiger partial charge in [-0.15, -0.1) is 11.3 Å². The first-order valence-electron chi connectivity index (χ1n) is 6.90. The molecule has 2 rings (SSSR count). The van der Waals surface area contributed by atoms with Crippen LogP contribution >= 0.6 is 11.3 Å². The Morgan fingerprint density at radius 1 is 1.26 bits per heavy atom. The molecule has 2 aromatic heterocycles. The zero-order valence-electron chi connectivity index (χ0n) is 11.6. The van der Waals surface area contributed by atoms with Crippen molar-refractivity contribution < 1.29 is 4.74 Å². The number of hydrogen-bond acceptors (Lipinski definition) is 5. The lowest BCUT2D eigenvalue weighted by molar-refractivity contribution is 0.112. The van der Waals surface area contributed by atoms with Crippen molar-refractivity contribution in [2.75, 3.05) is 18.5 Å². The highest BCUT2D eigenvalue weighted by atomic mass is 32.1. The highest BCUT2D eigenvalue weighted by molar-refractivity contribution is 7.16. The van der Waals surface area contributed by atoms with Crippen LogP contribution < -0.4 is 5.32 Å². The van der Waals surface area contributed by atoms with Crippen molar-refractivity contribution in [2.24, 2.45) is 0 Å². The molecule has 0 fully saturated rings. The number of ether oxygens (including phenoxy) is 1. The van der Waals surface area contributed by atoms with E-state index in [1.165, 1.54) is 12.8 Å². The van der Waals surface area contributed by atoms with Gasteiger partial charge < -0.3 is 10.1 Å². The molecule has 5 heteroatoms. The number of aromatic nitrogens is 2. The van der Waals surface area contributed by atoms with E-state index in [2.05, 4.69) is 35.2 Å². The van der Waals surface area contributed by atoms with E-state index in [4.69, 9.17) is 4.74 Å². The van der Waals surface area contributed by atoms with Crippen LogP contribution in [0.4, 0.5) is 5.82 Å². The van der Waals surface area contributed by atoms with Crippen molar-refractivity contribution in [1.82, 2.24) is 9.97 Å². The van der Waals surface area contributed by atoms with Gasteiger partial charge in [-0.3, -0.25) is 0 Å². The zero-order chi connectivity index (χ0) is 13.5. The fourth-order valence-electron chi connectivity index (χ4n) is 1.88. The average Bonchev–Trinajstić information content (AvgIpc) is 2.87. The van der Waals surface area contributed by atoms with Crippen molar-refractivity contribution in [2.45, 2.75) is 39.7 Å². The van der Waals surface area contributed by atoms with Crippen molar-refractivity contribution in [1.29, 1.82) is 0 Å². The molecule has 0 radical (unpaired) electrons. The summed E-state index contributed by atoms with van der Waals surface area (Å²) in [5.41, 5.74) is 0. The molecule has 0 saturated heterocycles. The van der Waals surface area contributed by atoms with Crippen LogP contribution in [-0.4, -0.2) is 23.1 Å². The van der Waals surface area contributed by atoms with Crippen molar-refractivity contribution >= 4 is 27.4 Å². The van der Waals surface area contributed by atoms with Gasteiger partial charge in [0, 0.05) is 13.2 Å². The monoisotopic (exact) mass is 279 g/mol. The number of fused-ring (bicyclic) bond motifs is 1. The fraction of sp³-hybridized carbons (Fsp3) is 0.571. The molecule has 0 unspecified atom stereocenters. The van der Waals surface area contributed by atoms with Gasteiger partial charge in [0.2, 0.25) is 0 Å². The number of hydrogen-bond donors (Lipinski definition) is 1. The minimum Gasteiger partial charge on any atom is -0.373 e. The molecule has 4 nitrogen and oxygen atoms in total. The fourth-order valence-corrected chi connectivity index (χ4v) is 2.67. The minimum absolute atomic E-state index is 0.496. The summed E-state index contributed by atoms with van der Waals surface area (Å²) in [7, 11) is 0. The van der Waals surface area contributed by atoms with E-state index < -0.39 is 0 Å². The number of anilines is 1. The van der Waals surface area contributed by atoms with Crippen LogP contribution in [0.1, 0.15) is 38.9 Å². The van der Waals surface area contributed by atoms with Gasteiger partial charge in [0.25, 0.3) is 0 Å². The summed E-state index contributed by atoms with van der Waals surface area (Å²) >= 11 is 1.64. The molecule has 0 spiro atoms. The van der Waals surface area contributed by atoms with E-state index in [0.29, 0.717) is 6.61 Å². The summed E-state index contributed by atoms with van der Waals surface area (Å²) in [5, 5.41) is 6.43. The van der Waals surface area contributed by atoms with Gasteiger partial charge in [0.15, 0.2) is 5.82 Å². The third-order valence-corrected chi connectivity index (χ3v) is 3.65. The Morgan fingerprint density at radius 2 is 2.16 bits per heavy atom. The van der Waals surface area contributed by atoms with Crippen LogP contribution in [0.2, 0.25) is 0 Å². The van der Waals surface area contributed by atoms with Crippen LogP contribution in [0.5, 0.6) is 0 Å². The minimum atomic E-state index is 0.496.